The molecule has 60 valence electrons. The molecule has 3 nitrogen and oxygen atoms in total. The Kier molecular flexibility index (Phi) is 1.73. The summed E-state index contributed by atoms with van der Waals surface area (Å²) in [5.74, 6) is 1.01. The van der Waals surface area contributed by atoms with Crippen LogP contribution in [0.2, 0.25) is 0 Å². The Balaban J connectivity index is 2.34. The van der Waals surface area contributed by atoms with Gasteiger partial charge in [-0.2, -0.15) is 0 Å². The van der Waals surface area contributed by atoms with E-state index in [9.17, 15) is 0 Å². The third-order valence-electron chi connectivity index (χ3n) is 1.78. The van der Waals surface area contributed by atoms with Crippen LogP contribution in [0, 0.1) is 0 Å². The maximum atomic E-state index is 5.41. The summed E-state index contributed by atoms with van der Waals surface area (Å²) >= 11 is 3.32. The lowest BCUT2D eigenvalue weighted by molar-refractivity contribution is 0.0140. The average molecular weight is 217 g/mol. The van der Waals surface area contributed by atoms with E-state index in [0.717, 1.165) is 17.0 Å². The van der Waals surface area contributed by atoms with Crippen molar-refractivity contribution >= 4 is 15.9 Å². The highest BCUT2D eigenvalue weighted by Crippen LogP contribution is 2.16. The summed E-state index contributed by atoms with van der Waals surface area (Å²) in [6, 6.07) is 0. The highest BCUT2D eigenvalue weighted by atomic mass is 79.9. The van der Waals surface area contributed by atoms with Gasteiger partial charge in [0, 0.05) is 12.7 Å². The molecular formula is C7H9BrN2O. The molecule has 4 heteroatoms. The van der Waals surface area contributed by atoms with Gasteiger partial charge in [-0.05, 0) is 22.9 Å². The van der Waals surface area contributed by atoms with E-state index >= 15 is 0 Å². The van der Waals surface area contributed by atoms with Crippen LogP contribution in [-0.4, -0.2) is 15.7 Å². The van der Waals surface area contributed by atoms with Gasteiger partial charge in [0.1, 0.15) is 17.0 Å². The number of imidazole rings is 1. The molecular weight excluding hydrogens is 208 g/mol. The van der Waals surface area contributed by atoms with Crippen molar-refractivity contribution < 1.29 is 4.74 Å². The van der Waals surface area contributed by atoms with Crippen LogP contribution in [-0.2, 0) is 17.9 Å². The lowest BCUT2D eigenvalue weighted by atomic mass is 10.3. The normalized spacial score (nSPS) is 23.3. The zero-order valence-electron chi connectivity index (χ0n) is 6.25. The minimum atomic E-state index is 0.309. The van der Waals surface area contributed by atoms with Crippen molar-refractivity contribution in [2.75, 3.05) is 0 Å². The molecule has 0 saturated heterocycles. The Morgan fingerprint density at radius 1 is 1.82 bits per heavy atom. The van der Waals surface area contributed by atoms with E-state index in [1.165, 1.54) is 0 Å². The summed E-state index contributed by atoms with van der Waals surface area (Å²) < 4.78 is 8.43. The summed E-state index contributed by atoms with van der Waals surface area (Å²) in [5, 5.41) is 0. The lowest BCUT2D eigenvalue weighted by Gasteiger charge is -2.20. The minimum absolute atomic E-state index is 0.309. The Labute approximate surface area is 73.5 Å². The van der Waals surface area contributed by atoms with Crippen molar-refractivity contribution in [3.05, 3.63) is 16.6 Å². The summed E-state index contributed by atoms with van der Waals surface area (Å²) in [6.45, 7) is 3.61. The van der Waals surface area contributed by atoms with Crippen LogP contribution in [0.3, 0.4) is 0 Å². The first-order valence-electron chi connectivity index (χ1n) is 3.59. The number of rotatable bonds is 0. The van der Waals surface area contributed by atoms with Crippen molar-refractivity contribution in [1.82, 2.24) is 9.55 Å². The number of ether oxygens (including phenoxy) is 1. The van der Waals surface area contributed by atoms with Gasteiger partial charge < -0.3 is 9.30 Å². The van der Waals surface area contributed by atoms with Crippen molar-refractivity contribution in [2.45, 2.75) is 26.2 Å². The molecule has 2 heterocycles. The van der Waals surface area contributed by atoms with Crippen molar-refractivity contribution in [3.63, 3.8) is 0 Å². The molecule has 0 aromatic carbocycles. The molecule has 1 aromatic rings. The number of nitrogens with zero attached hydrogens (tertiary/aromatic N) is 2. The van der Waals surface area contributed by atoms with Gasteiger partial charge in [0.2, 0.25) is 0 Å². The molecule has 1 aliphatic heterocycles. The molecule has 0 radical (unpaired) electrons. The Hall–Kier alpha value is -0.350. The second kappa shape index (κ2) is 2.60. The van der Waals surface area contributed by atoms with Gasteiger partial charge in [-0.3, -0.25) is 0 Å². The van der Waals surface area contributed by atoms with Crippen LogP contribution in [0.15, 0.2) is 10.8 Å². The minimum Gasteiger partial charge on any atom is -0.369 e. The van der Waals surface area contributed by atoms with Crippen LogP contribution in [0.5, 0.6) is 0 Å². The molecule has 1 atom stereocenters. The summed E-state index contributed by atoms with van der Waals surface area (Å²) in [4.78, 5) is 4.24. The molecule has 0 fully saturated rings. The van der Waals surface area contributed by atoms with E-state index in [1.807, 2.05) is 6.20 Å². The maximum absolute atomic E-state index is 5.41. The first-order valence-corrected chi connectivity index (χ1v) is 4.38. The predicted molar refractivity (Wildman–Crippen MR) is 44.2 cm³/mol. The van der Waals surface area contributed by atoms with E-state index in [-0.39, 0.29) is 0 Å². The zero-order chi connectivity index (χ0) is 7.84. The molecule has 1 unspecified atom stereocenters. The molecule has 0 bridgehead atoms. The molecule has 11 heavy (non-hydrogen) atoms. The molecule has 0 amide bonds. The molecule has 0 spiro atoms. The molecule has 0 N–H and O–H groups in total. The summed E-state index contributed by atoms with van der Waals surface area (Å²) in [5.41, 5.74) is 0. The Morgan fingerprint density at radius 2 is 2.64 bits per heavy atom. The zero-order valence-corrected chi connectivity index (χ0v) is 7.84. The number of hydrogen-bond donors (Lipinski definition) is 0. The van der Waals surface area contributed by atoms with Gasteiger partial charge in [-0.1, -0.05) is 0 Å². The molecule has 1 aromatic heterocycles. The Bertz CT molecular complexity index is 271. The van der Waals surface area contributed by atoms with Crippen LogP contribution < -0.4 is 0 Å². The topological polar surface area (TPSA) is 27.1 Å². The van der Waals surface area contributed by atoms with E-state index in [0.29, 0.717) is 12.7 Å². The molecule has 0 saturated carbocycles. The van der Waals surface area contributed by atoms with Crippen molar-refractivity contribution in [2.24, 2.45) is 0 Å². The highest BCUT2D eigenvalue weighted by Gasteiger charge is 2.16. The number of hydrogen-bond acceptors (Lipinski definition) is 2. The van der Waals surface area contributed by atoms with Gasteiger partial charge in [-0.15, -0.1) is 0 Å². The fraction of sp³-hybridized carbons (Fsp3) is 0.571. The quantitative estimate of drug-likeness (QED) is 0.659. The molecule has 2 rings (SSSR count). The van der Waals surface area contributed by atoms with Gasteiger partial charge in [0.05, 0.1) is 6.10 Å². The summed E-state index contributed by atoms with van der Waals surface area (Å²) in [7, 11) is 0. The Morgan fingerprint density at radius 3 is 3.45 bits per heavy atom. The van der Waals surface area contributed by atoms with E-state index in [4.69, 9.17) is 4.74 Å². The van der Waals surface area contributed by atoms with E-state index < -0.39 is 0 Å². The van der Waals surface area contributed by atoms with Gasteiger partial charge >= 0.3 is 0 Å². The average Bonchev–Trinajstić information content (AvgIpc) is 2.27. The number of halogens is 1. The van der Waals surface area contributed by atoms with Crippen LogP contribution in [0.4, 0.5) is 0 Å². The maximum Gasteiger partial charge on any atom is 0.136 e. The van der Waals surface area contributed by atoms with Crippen molar-refractivity contribution in [3.8, 4) is 0 Å². The van der Waals surface area contributed by atoms with Crippen LogP contribution >= 0.6 is 15.9 Å². The fourth-order valence-corrected chi connectivity index (χ4v) is 1.69. The standard InChI is InChI=1S/C7H9BrN2O/c1-5-2-10-3-6(8)9-7(10)4-11-5/h3,5H,2,4H2,1H3. The third kappa shape index (κ3) is 1.32. The predicted octanol–water partition coefficient (Wildman–Crippen LogP) is 1.56. The van der Waals surface area contributed by atoms with Gasteiger partial charge in [0.15, 0.2) is 0 Å². The molecule has 1 aliphatic rings. The smallest absolute Gasteiger partial charge is 0.136 e. The fourth-order valence-electron chi connectivity index (χ4n) is 1.24. The molecule has 0 aliphatic carbocycles. The number of aromatic nitrogens is 2. The second-order valence-corrected chi connectivity index (χ2v) is 3.57. The van der Waals surface area contributed by atoms with E-state index in [2.05, 4.69) is 32.4 Å². The third-order valence-corrected chi connectivity index (χ3v) is 2.16. The lowest BCUT2D eigenvalue weighted by Crippen LogP contribution is -2.24. The van der Waals surface area contributed by atoms with Gasteiger partial charge in [0.25, 0.3) is 0 Å². The highest BCUT2D eigenvalue weighted by molar-refractivity contribution is 9.10. The summed E-state index contributed by atoms with van der Waals surface area (Å²) in [6.07, 6.45) is 2.30. The van der Waals surface area contributed by atoms with E-state index in [1.54, 1.807) is 0 Å². The first-order chi connectivity index (χ1) is 5.25. The first kappa shape index (κ1) is 7.31. The second-order valence-electron chi connectivity index (χ2n) is 2.75. The van der Waals surface area contributed by atoms with Gasteiger partial charge in [-0.25, -0.2) is 4.98 Å². The van der Waals surface area contributed by atoms with Crippen molar-refractivity contribution in [1.29, 1.82) is 0 Å². The largest absolute Gasteiger partial charge is 0.369 e. The van der Waals surface area contributed by atoms with Crippen LogP contribution in [0.25, 0.3) is 0 Å². The SMILES string of the molecule is CC1Cn2cc(Br)nc2CO1. The van der Waals surface area contributed by atoms with Crippen LogP contribution in [0.1, 0.15) is 12.7 Å². The number of fused-ring (bicyclic) bond motifs is 1. The monoisotopic (exact) mass is 216 g/mol.